The number of hydrogen-bond donors (Lipinski definition) is 0. The van der Waals surface area contributed by atoms with Crippen molar-refractivity contribution in [3.05, 3.63) is 58.0 Å². The van der Waals surface area contributed by atoms with Crippen molar-refractivity contribution in [2.75, 3.05) is 6.54 Å². The van der Waals surface area contributed by atoms with Gasteiger partial charge < -0.3 is 9.80 Å². The average molecular weight is 429 g/mol. The van der Waals surface area contributed by atoms with E-state index in [0.29, 0.717) is 13.1 Å². The second-order valence-corrected chi connectivity index (χ2v) is 9.52. The van der Waals surface area contributed by atoms with E-state index in [1.165, 1.54) is 18.6 Å². The summed E-state index contributed by atoms with van der Waals surface area (Å²) in [5.41, 5.74) is 0.888. The van der Waals surface area contributed by atoms with Crippen LogP contribution >= 0.6 is 11.3 Å². The Bertz CT molecular complexity index is 843. The lowest BCUT2D eigenvalue weighted by atomic mass is 9.93. The van der Waals surface area contributed by atoms with Gasteiger partial charge in [0, 0.05) is 23.4 Å². The third-order valence-electron chi connectivity index (χ3n) is 6.10. The lowest BCUT2D eigenvalue weighted by Gasteiger charge is -2.35. The van der Waals surface area contributed by atoms with Gasteiger partial charge in [-0.25, -0.2) is 4.39 Å². The van der Waals surface area contributed by atoms with Gasteiger partial charge in [-0.15, -0.1) is 11.3 Å². The molecule has 0 saturated heterocycles. The number of halogens is 1. The first kappa shape index (κ1) is 21.0. The van der Waals surface area contributed by atoms with Crippen molar-refractivity contribution < 1.29 is 14.0 Å². The molecule has 1 aromatic carbocycles. The highest BCUT2D eigenvalue weighted by atomic mass is 32.1. The predicted molar refractivity (Wildman–Crippen MR) is 116 cm³/mol. The van der Waals surface area contributed by atoms with Gasteiger partial charge in [0.25, 0.3) is 0 Å². The minimum absolute atomic E-state index is 0.0349. The first-order valence-corrected chi connectivity index (χ1v) is 11.8. The number of hydrogen-bond acceptors (Lipinski definition) is 3. The van der Waals surface area contributed by atoms with Crippen molar-refractivity contribution in [3.8, 4) is 0 Å². The van der Waals surface area contributed by atoms with E-state index in [9.17, 15) is 14.0 Å². The second kappa shape index (κ2) is 9.73. The molecule has 0 N–H and O–H groups in total. The van der Waals surface area contributed by atoms with Crippen LogP contribution in [0.1, 0.15) is 55.4 Å². The van der Waals surface area contributed by atoms with Gasteiger partial charge in [0.05, 0.1) is 6.54 Å². The monoisotopic (exact) mass is 428 g/mol. The quantitative estimate of drug-likeness (QED) is 0.594. The van der Waals surface area contributed by atoms with E-state index in [-0.39, 0.29) is 36.1 Å². The first-order chi connectivity index (χ1) is 14.6. The Morgan fingerprint density at radius 2 is 1.70 bits per heavy atom. The van der Waals surface area contributed by atoms with Crippen LogP contribution < -0.4 is 0 Å². The van der Waals surface area contributed by atoms with Gasteiger partial charge in [-0.1, -0.05) is 37.5 Å². The van der Waals surface area contributed by atoms with Crippen LogP contribution in [0.4, 0.5) is 4.39 Å². The highest BCUT2D eigenvalue weighted by Crippen LogP contribution is 2.34. The zero-order valence-electron chi connectivity index (χ0n) is 17.3. The smallest absolute Gasteiger partial charge is 0.242 e. The summed E-state index contributed by atoms with van der Waals surface area (Å²) in [5, 5.41) is 2.00. The Morgan fingerprint density at radius 3 is 2.33 bits per heavy atom. The maximum atomic E-state index is 13.4. The van der Waals surface area contributed by atoms with Gasteiger partial charge in [0.15, 0.2) is 0 Å². The Kier molecular flexibility index (Phi) is 6.82. The number of nitrogens with zero attached hydrogens (tertiary/aromatic N) is 2. The molecular formula is C24H29FN2O2S. The van der Waals surface area contributed by atoms with Crippen LogP contribution in [-0.4, -0.2) is 34.2 Å². The molecule has 6 heteroatoms. The summed E-state index contributed by atoms with van der Waals surface area (Å²) in [6, 6.07) is 10.5. The number of benzene rings is 1. The van der Waals surface area contributed by atoms with Crippen LogP contribution in [-0.2, 0) is 22.7 Å². The third-order valence-corrected chi connectivity index (χ3v) is 6.96. The molecular weight excluding hydrogens is 399 g/mol. The molecule has 4 nitrogen and oxygen atoms in total. The van der Waals surface area contributed by atoms with Gasteiger partial charge in [-0.05, 0) is 54.8 Å². The third kappa shape index (κ3) is 5.48. The average Bonchev–Trinajstić information content (AvgIpc) is 3.49. The van der Waals surface area contributed by atoms with Gasteiger partial charge in [-0.2, -0.15) is 0 Å². The van der Waals surface area contributed by atoms with Crippen LogP contribution in [0.25, 0.3) is 0 Å². The van der Waals surface area contributed by atoms with Gasteiger partial charge >= 0.3 is 0 Å². The molecule has 2 aromatic rings. The van der Waals surface area contributed by atoms with Gasteiger partial charge in [0.2, 0.25) is 11.8 Å². The summed E-state index contributed by atoms with van der Waals surface area (Å²) in [6.07, 6.45) is 7.35. The maximum Gasteiger partial charge on any atom is 0.242 e. The summed E-state index contributed by atoms with van der Waals surface area (Å²) in [4.78, 5) is 31.2. The molecule has 1 heterocycles. The molecule has 2 aliphatic carbocycles. The van der Waals surface area contributed by atoms with E-state index < -0.39 is 0 Å². The first-order valence-electron chi connectivity index (χ1n) is 11.0. The summed E-state index contributed by atoms with van der Waals surface area (Å²) in [5.74, 6) is -0.0450. The zero-order chi connectivity index (χ0) is 20.9. The van der Waals surface area contributed by atoms with E-state index in [1.54, 1.807) is 28.4 Å². The largest absolute Gasteiger partial charge is 0.332 e. The van der Waals surface area contributed by atoms with Crippen LogP contribution in [0.15, 0.2) is 41.8 Å². The number of thiophene rings is 1. The number of carbonyl (C=O) groups excluding carboxylic acids is 2. The van der Waals surface area contributed by atoms with Crippen LogP contribution in [0.5, 0.6) is 0 Å². The van der Waals surface area contributed by atoms with Crippen LogP contribution in [0, 0.1) is 11.7 Å². The van der Waals surface area contributed by atoms with Crippen LogP contribution in [0.2, 0.25) is 0 Å². The van der Waals surface area contributed by atoms with Crippen molar-refractivity contribution in [3.63, 3.8) is 0 Å². The van der Waals surface area contributed by atoms with Crippen molar-refractivity contribution in [2.45, 2.75) is 64.1 Å². The summed E-state index contributed by atoms with van der Waals surface area (Å²) < 4.78 is 13.3. The molecule has 2 saturated carbocycles. The Labute approximate surface area is 181 Å². The van der Waals surface area contributed by atoms with Crippen LogP contribution in [0.3, 0.4) is 0 Å². The van der Waals surface area contributed by atoms with Gasteiger partial charge in [-0.3, -0.25) is 9.59 Å². The van der Waals surface area contributed by atoms with E-state index in [4.69, 9.17) is 0 Å². The Morgan fingerprint density at radius 1 is 0.967 bits per heavy atom. The zero-order valence-corrected chi connectivity index (χ0v) is 18.1. The molecule has 0 radical (unpaired) electrons. The minimum Gasteiger partial charge on any atom is -0.332 e. The normalized spacial score (nSPS) is 17.0. The highest BCUT2D eigenvalue weighted by molar-refractivity contribution is 7.09. The molecule has 2 fully saturated rings. The van der Waals surface area contributed by atoms with Gasteiger partial charge in [0.1, 0.15) is 12.4 Å². The standard InChI is InChI=1S/C24H29FN2O2S/c25-20-12-8-18(9-13-20)15-26(16-22-7-4-14-30-22)23(28)17-27(24(29)19-10-11-19)21-5-2-1-3-6-21/h4,7-9,12-14,19,21H,1-3,5-6,10-11,15-17H2. The molecule has 0 atom stereocenters. The molecule has 160 valence electrons. The summed E-state index contributed by atoms with van der Waals surface area (Å²) in [6.45, 7) is 1.06. The number of rotatable bonds is 8. The highest BCUT2D eigenvalue weighted by Gasteiger charge is 2.38. The molecule has 2 amide bonds. The molecule has 0 spiro atoms. The minimum atomic E-state index is -0.284. The topological polar surface area (TPSA) is 40.6 Å². The fraction of sp³-hybridized carbons (Fsp3) is 0.500. The summed E-state index contributed by atoms with van der Waals surface area (Å²) in [7, 11) is 0. The van der Waals surface area contributed by atoms with E-state index >= 15 is 0 Å². The molecule has 0 bridgehead atoms. The fourth-order valence-corrected chi connectivity index (χ4v) is 4.94. The second-order valence-electron chi connectivity index (χ2n) is 8.49. The molecule has 0 aliphatic heterocycles. The van der Waals surface area contributed by atoms with Crippen molar-refractivity contribution in [1.82, 2.24) is 9.80 Å². The molecule has 30 heavy (non-hydrogen) atoms. The summed E-state index contributed by atoms with van der Waals surface area (Å²) >= 11 is 1.62. The Balaban J connectivity index is 1.50. The van der Waals surface area contributed by atoms with E-state index in [1.807, 2.05) is 22.4 Å². The van der Waals surface area contributed by atoms with Crippen molar-refractivity contribution in [1.29, 1.82) is 0 Å². The maximum absolute atomic E-state index is 13.4. The molecule has 0 unspecified atom stereocenters. The lowest BCUT2D eigenvalue weighted by molar-refractivity contribution is -0.144. The van der Waals surface area contributed by atoms with E-state index in [0.717, 1.165) is 49.0 Å². The molecule has 2 aliphatic rings. The molecule has 1 aromatic heterocycles. The predicted octanol–water partition coefficient (Wildman–Crippen LogP) is 4.99. The number of carbonyl (C=O) groups is 2. The van der Waals surface area contributed by atoms with Crippen molar-refractivity contribution in [2.24, 2.45) is 5.92 Å². The lowest BCUT2D eigenvalue weighted by Crippen LogP contribution is -2.48. The SMILES string of the molecule is O=C(CN(C(=O)C1CC1)C1CCCCC1)N(Cc1ccc(F)cc1)Cc1cccs1. The van der Waals surface area contributed by atoms with E-state index in [2.05, 4.69) is 0 Å². The Hall–Kier alpha value is -2.21. The van der Waals surface area contributed by atoms with Crippen molar-refractivity contribution >= 4 is 23.2 Å². The molecule has 4 rings (SSSR count). The fourth-order valence-electron chi connectivity index (χ4n) is 4.22. The number of amides is 2.